The second-order valence-electron chi connectivity index (χ2n) is 4.86. The van der Waals surface area contributed by atoms with Crippen LogP contribution < -0.4 is 10.1 Å². The number of nitrogens with zero attached hydrogens (tertiary/aromatic N) is 1. The number of nitrogens with one attached hydrogen (secondary N) is 1. The third kappa shape index (κ3) is 4.17. The molecule has 0 aromatic heterocycles. The fourth-order valence-corrected chi connectivity index (χ4v) is 2.04. The molecule has 0 aliphatic rings. The van der Waals surface area contributed by atoms with E-state index in [1.54, 1.807) is 19.2 Å². The Morgan fingerprint density at radius 2 is 1.96 bits per heavy atom. The molecular formula is C18H15FN2O2. The van der Waals surface area contributed by atoms with E-state index < -0.39 is 11.7 Å². The van der Waals surface area contributed by atoms with E-state index in [4.69, 9.17) is 4.74 Å². The van der Waals surface area contributed by atoms with Crippen molar-refractivity contribution in [3.8, 4) is 11.8 Å². The van der Waals surface area contributed by atoms with Crippen molar-refractivity contribution < 1.29 is 13.9 Å². The van der Waals surface area contributed by atoms with Gasteiger partial charge in [0.15, 0.2) is 0 Å². The minimum absolute atomic E-state index is 0.0427. The number of hydrogen-bond donors (Lipinski definition) is 1. The molecule has 0 saturated carbocycles. The number of rotatable bonds is 4. The van der Waals surface area contributed by atoms with Crippen LogP contribution in [-0.4, -0.2) is 13.0 Å². The lowest BCUT2D eigenvalue weighted by atomic mass is 10.1. The second-order valence-corrected chi connectivity index (χ2v) is 4.86. The minimum Gasteiger partial charge on any atom is -0.496 e. The first-order valence-corrected chi connectivity index (χ1v) is 6.87. The fraction of sp³-hybridized carbons (Fsp3) is 0.111. The summed E-state index contributed by atoms with van der Waals surface area (Å²) in [5, 5.41) is 11.7. The summed E-state index contributed by atoms with van der Waals surface area (Å²) in [6, 6.07) is 12.6. The average Bonchev–Trinajstić information content (AvgIpc) is 2.54. The molecule has 0 atom stereocenters. The van der Waals surface area contributed by atoms with Crippen molar-refractivity contribution in [2.45, 2.75) is 6.92 Å². The quantitative estimate of drug-likeness (QED) is 0.692. The van der Waals surface area contributed by atoms with Gasteiger partial charge in [-0.3, -0.25) is 4.79 Å². The maximum atomic E-state index is 12.8. The zero-order valence-electron chi connectivity index (χ0n) is 12.8. The summed E-state index contributed by atoms with van der Waals surface area (Å²) in [6.07, 6.45) is 1.49. The number of amides is 1. The van der Waals surface area contributed by atoms with Crippen molar-refractivity contribution in [3.05, 3.63) is 65.0 Å². The van der Waals surface area contributed by atoms with Crippen molar-refractivity contribution in [2.75, 3.05) is 12.4 Å². The van der Waals surface area contributed by atoms with Gasteiger partial charge in [-0.05, 0) is 60.5 Å². The van der Waals surface area contributed by atoms with Gasteiger partial charge >= 0.3 is 0 Å². The maximum absolute atomic E-state index is 12.8. The van der Waals surface area contributed by atoms with Gasteiger partial charge in [-0.1, -0.05) is 6.07 Å². The lowest BCUT2D eigenvalue weighted by Crippen LogP contribution is -2.13. The molecule has 2 aromatic rings. The van der Waals surface area contributed by atoms with Crippen molar-refractivity contribution >= 4 is 17.7 Å². The number of carbonyl (C=O) groups is 1. The number of ether oxygens (including phenoxy) is 1. The molecule has 5 heteroatoms. The Hall–Kier alpha value is -3.13. The lowest BCUT2D eigenvalue weighted by molar-refractivity contribution is -0.112. The second kappa shape index (κ2) is 7.23. The van der Waals surface area contributed by atoms with Crippen LogP contribution in [-0.2, 0) is 4.79 Å². The molecule has 1 N–H and O–H groups in total. The molecule has 4 nitrogen and oxygen atoms in total. The number of nitriles is 1. The van der Waals surface area contributed by atoms with Gasteiger partial charge in [-0.2, -0.15) is 5.26 Å². The molecule has 1 amide bonds. The van der Waals surface area contributed by atoms with Crippen molar-refractivity contribution in [1.82, 2.24) is 0 Å². The normalized spacial score (nSPS) is 10.8. The molecular weight excluding hydrogens is 295 g/mol. The van der Waals surface area contributed by atoms with Gasteiger partial charge in [0.1, 0.15) is 23.2 Å². The molecule has 0 bridgehead atoms. The Kier molecular flexibility index (Phi) is 5.11. The molecule has 2 aromatic carbocycles. The van der Waals surface area contributed by atoms with Crippen LogP contribution in [0.15, 0.2) is 48.0 Å². The van der Waals surface area contributed by atoms with Gasteiger partial charge in [0, 0.05) is 5.69 Å². The molecule has 0 aliphatic heterocycles. The zero-order valence-corrected chi connectivity index (χ0v) is 12.8. The Labute approximate surface area is 133 Å². The molecule has 23 heavy (non-hydrogen) atoms. The van der Waals surface area contributed by atoms with Crippen LogP contribution >= 0.6 is 0 Å². The summed E-state index contributed by atoms with van der Waals surface area (Å²) in [4.78, 5) is 12.1. The highest BCUT2D eigenvalue weighted by molar-refractivity contribution is 6.09. The first-order chi connectivity index (χ1) is 11.0. The first kappa shape index (κ1) is 16.2. The minimum atomic E-state index is -0.549. The predicted molar refractivity (Wildman–Crippen MR) is 86.4 cm³/mol. The van der Waals surface area contributed by atoms with Gasteiger partial charge in [-0.15, -0.1) is 0 Å². The number of anilines is 1. The highest BCUT2D eigenvalue weighted by Gasteiger charge is 2.10. The maximum Gasteiger partial charge on any atom is 0.266 e. The molecule has 0 saturated heterocycles. The van der Waals surface area contributed by atoms with E-state index in [-0.39, 0.29) is 5.57 Å². The molecule has 0 radical (unpaired) electrons. The van der Waals surface area contributed by atoms with E-state index >= 15 is 0 Å². The number of hydrogen-bond acceptors (Lipinski definition) is 3. The fourth-order valence-electron chi connectivity index (χ4n) is 2.04. The Morgan fingerprint density at radius 3 is 2.52 bits per heavy atom. The van der Waals surface area contributed by atoms with Crippen LogP contribution in [0, 0.1) is 24.1 Å². The van der Waals surface area contributed by atoms with Crippen LogP contribution in [0.3, 0.4) is 0 Å². The number of methoxy groups -OCH3 is 1. The Morgan fingerprint density at radius 1 is 1.26 bits per heavy atom. The van der Waals surface area contributed by atoms with Gasteiger partial charge in [-0.25, -0.2) is 4.39 Å². The third-order valence-electron chi connectivity index (χ3n) is 3.20. The first-order valence-electron chi connectivity index (χ1n) is 6.87. The number of aryl methyl sites for hydroxylation is 1. The molecule has 0 heterocycles. The summed E-state index contributed by atoms with van der Waals surface area (Å²) >= 11 is 0. The number of halogens is 1. The average molecular weight is 310 g/mol. The van der Waals surface area contributed by atoms with Gasteiger partial charge in [0.25, 0.3) is 5.91 Å². The Bertz CT molecular complexity index is 790. The predicted octanol–water partition coefficient (Wildman–Crippen LogP) is 3.69. The van der Waals surface area contributed by atoms with Crippen LogP contribution in [0.5, 0.6) is 5.75 Å². The van der Waals surface area contributed by atoms with E-state index in [1.165, 1.54) is 30.3 Å². The third-order valence-corrected chi connectivity index (χ3v) is 3.20. The van der Waals surface area contributed by atoms with E-state index in [9.17, 15) is 14.4 Å². The number of carbonyl (C=O) groups excluding carboxylic acids is 1. The van der Waals surface area contributed by atoms with E-state index in [2.05, 4.69) is 5.32 Å². The molecule has 0 spiro atoms. The van der Waals surface area contributed by atoms with Gasteiger partial charge < -0.3 is 10.1 Å². The van der Waals surface area contributed by atoms with Gasteiger partial charge in [0.2, 0.25) is 0 Å². The van der Waals surface area contributed by atoms with Crippen LogP contribution in [0.2, 0.25) is 0 Å². The molecule has 0 unspecified atom stereocenters. The summed E-state index contributed by atoms with van der Waals surface area (Å²) in [5.41, 5.74) is 1.99. The molecule has 0 fully saturated rings. The molecule has 2 rings (SSSR count). The summed E-state index contributed by atoms with van der Waals surface area (Å²) in [6.45, 7) is 1.88. The van der Waals surface area contributed by atoms with Crippen LogP contribution in [0.25, 0.3) is 6.08 Å². The summed E-state index contributed by atoms with van der Waals surface area (Å²) in [5.74, 6) is -0.211. The molecule has 0 aliphatic carbocycles. The monoisotopic (exact) mass is 310 g/mol. The van der Waals surface area contributed by atoms with Crippen LogP contribution in [0.1, 0.15) is 11.1 Å². The van der Waals surface area contributed by atoms with Crippen molar-refractivity contribution in [1.29, 1.82) is 5.26 Å². The van der Waals surface area contributed by atoms with Crippen molar-refractivity contribution in [3.63, 3.8) is 0 Å². The summed E-state index contributed by atoms with van der Waals surface area (Å²) < 4.78 is 18.0. The molecule has 116 valence electrons. The summed E-state index contributed by atoms with van der Waals surface area (Å²) in [7, 11) is 1.58. The van der Waals surface area contributed by atoms with E-state index in [0.29, 0.717) is 11.3 Å². The Balaban J connectivity index is 2.21. The standard InChI is InChI=1S/C18H15FN2O2/c1-12-9-13(3-8-17(12)23-2)10-14(11-20)18(22)21-16-6-4-15(19)5-7-16/h3-10H,1-2H3,(H,21,22). The highest BCUT2D eigenvalue weighted by atomic mass is 19.1. The SMILES string of the molecule is COc1ccc(C=C(C#N)C(=O)Nc2ccc(F)cc2)cc1C. The van der Waals surface area contributed by atoms with Crippen LogP contribution in [0.4, 0.5) is 10.1 Å². The smallest absolute Gasteiger partial charge is 0.266 e. The van der Waals surface area contributed by atoms with E-state index in [0.717, 1.165) is 11.3 Å². The lowest BCUT2D eigenvalue weighted by Gasteiger charge is -2.06. The van der Waals surface area contributed by atoms with Crippen molar-refractivity contribution in [2.24, 2.45) is 0 Å². The van der Waals surface area contributed by atoms with E-state index in [1.807, 2.05) is 19.1 Å². The van der Waals surface area contributed by atoms with Gasteiger partial charge in [0.05, 0.1) is 7.11 Å². The largest absolute Gasteiger partial charge is 0.496 e. The number of benzene rings is 2. The zero-order chi connectivity index (χ0) is 16.8. The topological polar surface area (TPSA) is 62.1 Å². The highest BCUT2D eigenvalue weighted by Crippen LogP contribution is 2.20.